The normalized spacial score (nSPS) is 19.6. The molecule has 2 rings (SSSR count). The van der Waals surface area contributed by atoms with Gasteiger partial charge in [-0.1, -0.05) is 19.9 Å². The number of amides is 1. The summed E-state index contributed by atoms with van der Waals surface area (Å²) in [5.41, 5.74) is 2.28. The lowest BCUT2D eigenvalue weighted by Gasteiger charge is -2.23. The van der Waals surface area contributed by atoms with Crippen LogP contribution in [0.2, 0.25) is 0 Å². The lowest BCUT2D eigenvalue weighted by molar-refractivity contribution is -0.129. The Morgan fingerprint density at radius 1 is 1.38 bits per heavy atom. The van der Waals surface area contributed by atoms with Gasteiger partial charge in [-0.25, -0.2) is 0 Å². The van der Waals surface area contributed by atoms with Crippen molar-refractivity contribution in [2.45, 2.75) is 45.1 Å². The minimum absolute atomic E-state index is 0.243. The number of nitrogens with one attached hydrogen (secondary N) is 1. The first-order valence-corrected chi connectivity index (χ1v) is 7.69. The maximum Gasteiger partial charge on any atom is 0.222 e. The van der Waals surface area contributed by atoms with Crippen LogP contribution in [-0.4, -0.2) is 37.6 Å². The highest BCUT2D eigenvalue weighted by molar-refractivity contribution is 5.76. The zero-order valence-corrected chi connectivity index (χ0v) is 13.5. The molecule has 4 nitrogen and oxygen atoms in total. The summed E-state index contributed by atoms with van der Waals surface area (Å²) >= 11 is 0. The Kier molecular flexibility index (Phi) is 5.10. The summed E-state index contributed by atoms with van der Waals surface area (Å²) in [6.45, 7) is 5.08. The zero-order chi connectivity index (χ0) is 15.4. The first kappa shape index (κ1) is 15.7. The Morgan fingerprint density at radius 3 is 2.81 bits per heavy atom. The van der Waals surface area contributed by atoms with Gasteiger partial charge in [-0.3, -0.25) is 4.79 Å². The SMILES string of the molecule is COc1cc(NC2CCCC(=O)N(C)C2)ccc1C(C)C. The highest BCUT2D eigenvalue weighted by Gasteiger charge is 2.20. The first-order chi connectivity index (χ1) is 10.0. The van der Waals surface area contributed by atoms with Gasteiger partial charge in [0.05, 0.1) is 7.11 Å². The van der Waals surface area contributed by atoms with E-state index in [1.165, 1.54) is 5.56 Å². The Balaban J connectivity index is 2.10. The molecule has 1 aromatic carbocycles. The average Bonchev–Trinajstić information content (AvgIpc) is 2.60. The smallest absolute Gasteiger partial charge is 0.222 e. The van der Waals surface area contributed by atoms with Crippen LogP contribution in [0.5, 0.6) is 5.75 Å². The third kappa shape index (κ3) is 3.90. The molecule has 1 N–H and O–H groups in total. The fraction of sp³-hybridized carbons (Fsp3) is 0.588. The van der Waals surface area contributed by atoms with Crippen molar-refractivity contribution in [2.24, 2.45) is 0 Å². The van der Waals surface area contributed by atoms with Gasteiger partial charge in [-0.05, 0) is 30.4 Å². The largest absolute Gasteiger partial charge is 0.496 e. The Bertz CT molecular complexity index is 500. The molecule has 1 atom stereocenters. The van der Waals surface area contributed by atoms with Crippen LogP contribution in [0.15, 0.2) is 18.2 Å². The van der Waals surface area contributed by atoms with Crippen LogP contribution >= 0.6 is 0 Å². The van der Waals surface area contributed by atoms with E-state index in [0.29, 0.717) is 18.4 Å². The van der Waals surface area contributed by atoms with Crippen LogP contribution in [0.1, 0.15) is 44.6 Å². The average molecular weight is 290 g/mol. The van der Waals surface area contributed by atoms with Crippen LogP contribution < -0.4 is 10.1 Å². The number of hydrogen-bond acceptors (Lipinski definition) is 3. The van der Waals surface area contributed by atoms with E-state index in [-0.39, 0.29) is 5.91 Å². The summed E-state index contributed by atoms with van der Waals surface area (Å²) in [5, 5.41) is 3.54. The third-order valence-electron chi connectivity index (χ3n) is 4.09. The molecule has 1 amide bonds. The van der Waals surface area contributed by atoms with E-state index < -0.39 is 0 Å². The number of ether oxygens (including phenoxy) is 1. The molecule has 4 heteroatoms. The number of carbonyl (C=O) groups excluding carboxylic acids is 1. The van der Waals surface area contributed by atoms with E-state index >= 15 is 0 Å². The maximum absolute atomic E-state index is 11.7. The molecule has 1 aliphatic heterocycles. The Morgan fingerprint density at radius 2 is 2.14 bits per heavy atom. The highest BCUT2D eigenvalue weighted by Crippen LogP contribution is 2.30. The number of likely N-dealkylation sites (N-methyl/N-ethyl adjacent to an activating group) is 1. The fourth-order valence-corrected chi connectivity index (χ4v) is 2.85. The molecule has 0 saturated carbocycles. The van der Waals surface area contributed by atoms with E-state index in [0.717, 1.165) is 30.8 Å². The van der Waals surface area contributed by atoms with Gasteiger partial charge in [0.2, 0.25) is 5.91 Å². The van der Waals surface area contributed by atoms with Gasteiger partial charge in [0, 0.05) is 37.8 Å². The second kappa shape index (κ2) is 6.83. The molecular formula is C17H26N2O2. The number of nitrogens with zero attached hydrogens (tertiary/aromatic N) is 1. The lowest BCUT2D eigenvalue weighted by Crippen LogP contribution is -2.35. The molecule has 0 radical (unpaired) electrons. The summed E-state index contributed by atoms with van der Waals surface area (Å²) in [7, 11) is 3.59. The van der Waals surface area contributed by atoms with Crippen LogP contribution in [0.3, 0.4) is 0 Å². The fourth-order valence-electron chi connectivity index (χ4n) is 2.85. The molecule has 0 spiro atoms. The van der Waals surface area contributed by atoms with E-state index in [2.05, 4.69) is 37.4 Å². The van der Waals surface area contributed by atoms with Crippen molar-refractivity contribution < 1.29 is 9.53 Å². The van der Waals surface area contributed by atoms with Gasteiger partial charge in [-0.15, -0.1) is 0 Å². The third-order valence-corrected chi connectivity index (χ3v) is 4.09. The number of methoxy groups -OCH3 is 1. The highest BCUT2D eigenvalue weighted by atomic mass is 16.5. The Hall–Kier alpha value is -1.71. The second-order valence-corrected chi connectivity index (χ2v) is 6.12. The van der Waals surface area contributed by atoms with Crippen LogP contribution in [0.25, 0.3) is 0 Å². The van der Waals surface area contributed by atoms with Crippen molar-refractivity contribution in [1.82, 2.24) is 4.90 Å². The molecule has 1 fully saturated rings. The Labute approximate surface area is 127 Å². The van der Waals surface area contributed by atoms with Crippen molar-refractivity contribution >= 4 is 11.6 Å². The number of hydrogen-bond donors (Lipinski definition) is 1. The van der Waals surface area contributed by atoms with Crippen LogP contribution in [0, 0.1) is 0 Å². The van der Waals surface area contributed by atoms with Gasteiger partial charge < -0.3 is 15.0 Å². The van der Waals surface area contributed by atoms with E-state index in [4.69, 9.17) is 4.74 Å². The van der Waals surface area contributed by atoms with Crippen molar-refractivity contribution in [1.29, 1.82) is 0 Å². The molecule has 0 bridgehead atoms. The van der Waals surface area contributed by atoms with Gasteiger partial charge in [-0.2, -0.15) is 0 Å². The van der Waals surface area contributed by atoms with E-state index in [1.54, 1.807) is 7.11 Å². The number of likely N-dealkylation sites (tertiary alicyclic amines) is 1. The minimum Gasteiger partial charge on any atom is -0.496 e. The van der Waals surface area contributed by atoms with Crippen molar-refractivity contribution in [3.8, 4) is 5.75 Å². The maximum atomic E-state index is 11.7. The van der Waals surface area contributed by atoms with Crippen LogP contribution in [0.4, 0.5) is 5.69 Å². The standard InChI is InChI=1S/C17H26N2O2/c1-12(2)15-9-8-13(10-16(15)21-4)18-14-6-5-7-17(20)19(3)11-14/h8-10,12,14,18H,5-7,11H2,1-4H3. The molecule has 1 aromatic rings. The summed E-state index contributed by atoms with van der Waals surface area (Å²) < 4.78 is 5.49. The van der Waals surface area contributed by atoms with Crippen molar-refractivity contribution in [3.05, 3.63) is 23.8 Å². The number of anilines is 1. The van der Waals surface area contributed by atoms with Gasteiger partial charge in [0.15, 0.2) is 0 Å². The summed E-state index contributed by atoms with van der Waals surface area (Å²) in [6, 6.07) is 6.58. The molecular weight excluding hydrogens is 264 g/mol. The number of carbonyl (C=O) groups is 1. The predicted octanol–water partition coefficient (Wildman–Crippen LogP) is 3.24. The molecule has 1 unspecified atom stereocenters. The van der Waals surface area contributed by atoms with Crippen molar-refractivity contribution in [2.75, 3.05) is 26.0 Å². The molecule has 0 aliphatic carbocycles. The molecule has 1 heterocycles. The summed E-state index contributed by atoms with van der Waals surface area (Å²) in [6.07, 6.45) is 2.62. The molecule has 1 saturated heterocycles. The molecule has 116 valence electrons. The predicted molar refractivity (Wildman–Crippen MR) is 86.0 cm³/mol. The number of benzene rings is 1. The van der Waals surface area contributed by atoms with Gasteiger partial charge >= 0.3 is 0 Å². The molecule has 1 aliphatic rings. The first-order valence-electron chi connectivity index (χ1n) is 7.69. The zero-order valence-electron chi connectivity index (χ0n) is 13.5. The number of rotatable bonds is 4. The van der Waals surface area contributed by atoms with Crippen molar-refractivity contribution in [3.63, 3.8) is 0 Å². The lowest BCUT2D eigenvalue weighted by atomic mass is 10.0. The molecule has 21 heavy (non-hydrogen) atoms. The van der Waals surface area contributed by atoms with Gasteiger partial charge in [0.1, 0.15) is 5.75 Å². The molecule has 0 aromatic heterocycles. The minimum atomic E-state index is 0.243. The summed E-state index contributed by atoms with van der Waals surface area (Å²) in [4.78, 5) is 13.5. The van der Waals surface area contributed by atoms with Gasteiger partial charge in [0.25, 0.3) is 0 Å². The second-order valence-electron chi connectivity index (χ2n) is 6.12. The summed E-state index contributed by atoms with van der Waals surface area (Å²) in [5.74, 6) is 1.61. The quantitative estimate of drug-likeness (QED) is 0.925. The van der Waals surface area contributed by atoms with Crippen LogP contribution in [-0.2, 0) is 4.79 Å². The van der Waals surface area contributed by atoms with E-state index in [1.807, 2.05) is 11.9 Å². The van der Waals surface area contributed by atoms with E-state index in [9.17, 15) is 4.79 Å². The topological polar surface area (TPSA) is 41.6 Å². The monoisotopic (exact) mass is 290 g/mol.